The molecule has 0 saturated carbocycles. The van der Waals surface area contributed by atoms with Crippen molar-refractivity contribution in [2.75, 3.05) is 31.6 Å². The monoisotopic (exact) mass is 351 g/mol. The summed E-state index contributed by atoms with van der Waals surface area (Å²) in [5.41, 5.74) is 1.14. The predicted molar refractivity (Wildman–Crippen MR) is 93.2 cm³/mol. The van der Waals surface area contributed by atoms with Crippen LogP contribution in [0.2, 0.25) is 0 Å². The Morgan fingerprint density at radius 2 is 2.12 bits per heavy atom. The van der Waals surface area contributed by atoms with Gasteiger partial charge in [0, 0.05) is 30.8 Å². The minimum atomic E-state index is -0.130. The normalized spacial score (nSPS) is 20.5. The molecule has 1 aromatic heterocycles. The first-order valence-corrected chi connectivity index (χ1v) is 9.61. The fourth-order valence-corrected chi connectivity index (χ4v) is 4.36. The highest BCUT2D eigenvalue weighted by molar-refractivity contribution is 7.15. The SMILES string of the molecule is CC[C@@H]1CCc2nc(NC(=O)CCC(=O)N3CCOCC3)sc2C1. The van der Waals surface area contributed by atoms with Gasteiger partial charge >= 0.3 is 0 Å². The van der Waals surface area contributed by atoms with Gasteiger partial charge < -0.3 is 15.0 Å². The van der Waals surface area contributed by atoms with Crippen LogP contribution >= 0.6 is 11.3 Å². The Morgan fingerprint density at radius 1 is 1.33 bits per heavy atom. The number of morpholine rings is 1. The molecule has 2 amide bonds. The number of thiazole rings is 1. The number of fused-ring (bicyclic) bond motifs is 1. The van der Waals surface area contributed by atoms with Gasteiger partial charge in [0.25, 0.3) is 0 Å². The van der Waals surface area contributed by atoms with Crippen LogP contribution < -0.4 is 5.32 Å². The number of nitrogens with zero attached hydrogens (tertiary/aromatic N) is 2. The van der Waals surface area contributed by atoms with Crippen molar-refractivity contribution >= 4 is 28.3 Å². The van der Waals surface area contributed by atoms with Crippen LogP contribution in [0.1, 0.15) is 43.2 Å². The number of rotatable bonds is 5. The second-order valence-electron chi connectivity index (χ2n) is 6.45. The Balaban J connectivity index is 1.47. The topological polar surface area (TPSA) is 71.5 Å². The Morgan fingerprint density at radius 3 is 2.88 bits per heavy atom. The molecule has 6 nitrogen and oxygen atoms in total. The molecule has 0 aromatic carbocycles. The van der Waals surface area contributed by atoms with E-state index in [1.807, 2.05) is 0 Å². The summed E-state index contributed by atoms with van der Waals surface area (Å²) in [5, 5.41) is 3.54. The molecule has 1 fully saturated rings. The summed E-state index contributed by atoms with van der Waals surface area (Å²) >= 11 is 1.59. The Kier molecular flexibility index (Phi) is 5.84. The summed E-state index contributed by atoms with van der Waals surface area (Å²) in [6, 6.07) is 0. The summed E-state index contributed by atoms with van der Waals surface area (Å²) in [6.07, 6.45) is 4.93. The number of hydrogen-bond donors (Lipinski definition) is 1. The van der Waals surface area contributed by atoms with Crippen LogP contribution in [0.4, 0.5) is 5.13 Å². The number of anilines is 1. The third kappa shape index (κ3) is 4.33. The Hall–Kier alpha value is -1.47. The van der Waals surface area contributed by atoms with Crippen LogP contribution in [-0.4, -0.2) is 48.0 Å². The summed E-state index contributed by atoms with van der Waals surface area (Å²) < 4.78 is 5.23. The van der Waals surface area contributed by atoms with Gasteiger partial charge in [0.15, 0.2) is 5.13 Å². The van der Waals surface area contributed by atoms with Crippen molar-refractivity contribution in [2.24, 2.45) is 5.92 Å². The van der Waals surface area contributed by atoms with Gasteiger partial charge in [-0.1, -0.05) is 13.3 Å². The van der Waals surface area contributed by atoms with Gasteiger partial charge in [-0.25, -0.2) is 4.98 Å². The fourth-order valence-electron chi connectivity index (χ4n) is 3.22. The summed E-state index contributed by atoms with van der Waals surface area (Å²) in [7, 11) is 0. The lowest BCUT2D eigenvalue weighted by Crippen LogP contribution is -2.40. The first-order chi connectivity index (χ1) is 11.7. The third-order valence-electron chi connectivity index (χ3n) is 4.80. The van der Waals surface area contributed by atoms with Crippen molar-refractivity contribution in [1.82, 2.24) is 9.88 Å². The van der Waals surface area contributed by atoms with Crippen molar-refractivity contribution in [1.29, 1.82) is 0 Å². The number of carbonyl (C=O) groups is 2. The molecule has 1 aliphatic heterocycles. The quantitative estimate of drug-likeness (QED) is 0.883. The van der Waals surface area contributed by atoms with Crippen molar-refractivity contribution in [3.63, 3.8) is 0 Å². The molecule has 0 bridgehead atoms. The van der Waals surface area contributed by atoms with E-state index in [1.54, 1.807) is 16.2 Å². The Labute approximate surface area is 146 Å². The van der Waals surface area contributed by atoms with Crippen LogP contribution in [0.15, 0.2) is 0 Å². The van der Waals surface area contributed by atoms with Gasteiger partial charge in [-0.15, -0.1) is 11.3 Å². The molecular formula is C17H25N3O3S. The lowest BCUT2D eigenvalue weighted by atomic mass is 9.89. The smallest absolute Gasteiger partial charge is 0.226 e. The summed E-state index contributed by atoms with van der Waals surface area (Å²) in [5.74, 6) is 0.639. The molecule has 132 valence electrons. The number of hydrogen-bond acceptors (Lipinski definition) is 5. The zero-order valence-corrected chi connectivity index (χ0v) is 15.0. The van der Waals surface area contributed by atoms with Gasteiger partial charge in [-0.3, -0.25) is 9.59 Å². The third-order valence-corrected chi connectivity index (χ3v) is 5.83. The first-order valence-electron chi connectivity index (χ1n) is 8.79. The van der Waals surface area contributed by atoms with E-state index in [2.05, 4.69) is 17.2 Å². The molecule has 0 radical (unpaired) electrons. The van der Waals surface area contributed by atoms with E-state index in [9.17, 15) is 9.59 Å². The maximum absolute atomic E-state index is 12.1. The average molecular weight is 351 g/mol. The highest BCUT2D eigenvalue weighted by atomic mass is 32.1. The van der Waals surface area contributed by atoms with Gasteiger partial charge in [0.2, 0.25) is 11.8 Å². The van der Waals surface area contributed by atoms with Gasteiger partial charge in [0.05, 0.1) is 18.9 Å². The van der Waals surface area contributed by atoms with E-state index in [4.69, 9.17) is 4.74 Å². The first kappa shape index (κ1) is 17.4. The van der Waals surface area contributed by atoms with Crippen molar-refractivity contribution in [3.05, 3.63) is 10.6 Å². The molecule has 1 saturated heterocycles. The van der Waals surface area contributed by atoms with E-state index in [1.165, 1.54) is 17.7 Å². The van der Waals surface area contributed by atoms with Crippen LogP contribution in [0.3, 0.4) is 0 Å². The minimum Gasteiger partial charge on any atom is -0.378 e. The maximum Gasteiger partial charge on any atom is 0.226 e. The summed E-state index contributed by atoms with van der Waals surface area (Å²) in [6.45, 7) is 4.64. The number of nitrogens with one attached hydrogen (secondary N) is 1. The molecule has 2 aliphatic rings. The highest BCUT2D eigenvalue weighted by Crippen LogP contribution is 2.33. The molecule has 1 atom stereocenters. The number of carbonyl (C=O) groups excluding carboxylic acids is 2. The number of aromatic nitrogens is 1. The molecule has 2 heterocycles. The highest BCUT2D eigenvalue weighted by Gasteiger charge is 2.22. The molecule has 0 unspecified atom stereocenters. The molecule has 24 heavy (non-hydrogen) atoms. The fraction of sp³-hybridized carbons (Fsp3) is 0.706. The molecule has 1 N–H and O–H groups in total. The van der Waals surface area contributed by atoms with E-state index in [0.29, 0.717) is 31.4 Å². The second-order valence-corrected chi connectivity index (χ2v) is 7.53. The largest absolute Gasteiger partial charge is 0.378 e. The van der Waals surface area contributed by atoms with Gasteiger partial charge in [-0.05, 0) is 25.2 Å². The molecule has 1 aliphatic carbocycles. The predicted octanol–water partition coefficient (Wildman–Crippen LogP) is 2.24. The molecular weight excluding hydrogens is 326 g/mol. The van der Waals surface area contributed by atoms with Crippen LogP contribution in [0, 0.1) is 5.92 Å². The van der Waals surface area contributed by atoms with Crippen molar-refractivity contribution in [2.45, 2.75) is 45.4 Å². The standard InChI is InChI=1S/C17H25N3O3S/c1-2-12-3-4-13-14(11-12)24-17(18-13)19-15(21)5-6-16(22)20-7-9-23-10-8-20/h12H,2-11H2,1H3,(H,18,19,21)/t12-/m1/s1. The van der Waals surface area contributed by atoms with Gasteiger partial charge in [-0.2, -0.15) is 0 Å². The van der Waals surface area contributed by atoms with Gasteiger partial charge in [0.1, 0.15) is 0 Å². The zero-order chi connectivity index (χ0) is 16.9. The number of ether oxygens (including phenoxy) is 1. The number of aryl methyl sites for hydroxylation is 1. The van der Waals surface area contributed by atoms with Crippen molar-refractivity contribution in [3.8, 4) is 0 Å². The minimum absolute atomic E-state index is 0.0256. The van der Waals surface area contributed by atoms with Crippen LogP contribution in [0.5, 0.6) is 0 Å². The molecule has 3 rings (SSSR count). The average Bonchev–Trinajstić information content (AvgIpc) is 3.01. The molecule has 7 heteroatoms. The molecule has 1 aromatic rings. The van der Waals surface area contributed by atoms with Crippen LogP contribution in [-0.2, 0) is 27.2 Å². The zero-order valence-electron chi connectivity index (χ0n) is 14.2. The lowest BCUT2D eigenvalue weighted by Gasteiger charge is -2.26. The van der Waals surface area contributed by atoms with E-state index >= 15 is 0 Å². The molecule has 0 spiro atoms. The van der Waals surface area contributed by atoms with E-state index in [0.717, 1.165) is 24.5 Å². The van der Waals surface area contributed by atoms with E-state index < -0.39 is 0 Å². The second kappa shape index (κ2) is 8.07. The summed E-state index contributed by atoms with van der Waals surface area (Å²) in [4.78, 5) is 31.8. The van der Waals surface area contributed by atoms with Crippen molar-refractivity contribution < 1.29 is 14.3 Å². The van der Waals surface area contributed by atoms with Crippen LogP contribution in [0.25, 0.3) is 0 Å². The number of amides is 2. The lowest BCUT2D eigenvalue weighted by molar-refractivity contribution is -0.136. The maximum atomic E-state index is 12.1. The Bertz CT molecular complexity index is 596. The van der Waals surface area contributed by atoms with E-state index in [-0.39, 0.29) is 24.7 Å².